The number of benzene rings is 3. The van der Waals surface area contributed by atoms with E-state index < -0.39 is 0 Å². The van der Waals surface area contributed by atoms with E-state index in [9.17, 15) is 4.79 Å². The van der Waals surface area contributed by atoms with Crippen molar-refractivity contribution in [3.8, 4) is 17.2 Å². The Morgan fingerprint density at radius 3 is 2.46 bits per heavy atom. The van der Waals surface area contributed by atoms with E-state index in [1.54, 1.807) is 26.4 Å². The zero-order valence-electron chi connectivity index (χ0n) is 20.2. The lowest BCUT2D eigenvalue weighted by atomic mass is 10.2. The summed E-state index contributed by atoms with van der Waals surface area (Å²) in [5, 5.41) is 3.00. The van der Waals surface area contributed by atoms with Crippen molar-refractivity contribution in [1.29, 1.82) is 0 Å². The van der Waals surface area contributed by atoms with Crippen LogP contribution in [0.5, 0.6) is 17.2 Å². The Hall–Kier alpha value is -4.00. The third-order valence-electron chi connectivity index (χ3n) is 5.80. The van der Waals surface area contributed by atoms with Crippen molar-refractivity contribution < 1.29 is 19.0 Å². The van der Waals surface area contributed by atoms with Crippen LogP contribution in [0.2, 0.25) is 0 Å². The van der Waals surface area contributed by atoms with Gasteiger partial charge in [-0.25, -0.2) is 4.98 Å². The van der Waals surface area contributed by atoms with E-state index >= 15 is 0 Å². The molecule has 1 amide bonds. The van der Waals surface area contributed by atoms with Crippen LogP contribution >= 0.6 is 0 Å². The third-order valence-corrected chi connectivity index (χ3v) is 5.80. The molecule has 0 aliphatic carbocycles. The van der Waals surface area contributed by atoms with Crippen molar-refractivity contribution in [2.75, 3.05) is 27.4 Å². The van der Waals surface area contributed by atoms with E-state index in [1.807, 2.05) is 54.6 Å². The van der Waals surface area contributed by atoms with Crippen molar-refractivity contribution in [2.45, 2.75) is 25.8 Å². The summed E-state index contributed by atoms with van der Waals surface area (Å²) in [6.07, 6.45) is 2.52. The van der Waals surface area contributed by atoms with Crippen molar-refractivity contribution in [3.63, 3.8) is 0 Å². The molecule has 0 spiro atoms. The van der Waals surface area contributed by atoms with Crippen LogP contribution in [0, 0.1) is 0 Å². The second-order valence-corrected chi connectivity index (χ2v) is 8.14. The second kappa shape index (κ2) is 11.9. The number of carbonyl (C=O) groups is 1. The van der Waals surface area contributed by atoms with Crippen molar-refractivity contribution >= 4 is 16.9 Å². The van der Waals surface area contributed by atoms with Gasteiger partial charge in [0.2, 0.25) is 0 Å². The fourth-order valence-corrected chi connectivity index (χ4v) is 3.95. The Morgan fingerprint density at radius 1 is 0.886 bits per heavy atom. The van der Waals surface area contributed by atoms with Crippen LogP contribution in [-0.4, -0.2) is 42.8 Å². The van der Waals surface area contributed by atoms with Gasteiger partial charge in [0.05, 0.1) is 31.9 Å². The molecule has 7 heteroatoms. The monoisotopic (exact) mass is 473 g/mol. The highest BCUT2D eigenvalue weighted by atomic mass is 16.5. The molecule has 182 valence electrons. The first-order chi connectivity index (χ1) is 17.2. The number of aryl methyl sites for hydroxylation is 1. The maximum atomic E-state index is 12.5. The van der Waals surface area contributed by atoms with Gasteiger partial charge in [0, 0.05) is 25.1 Å². The number of hydrogen-bond acceptors (Lipinski definition) is 5. The van der Waals surface area contributed by atoms with Gasteiger partial charge in [0.15, 0.2) is 0 Å². The number of hydrogen-bond donors (Lipinski definition) is 1. The number of aromatic nitrogens is 2. The van der Waals surface area contributed by atoms with E-state index in [2.05, 4.69) is 16.0 Å². The Bertz CT molecular complexity index is 1250. The lowest BCUT2D eigenvalue weighted by Gasteiger charge is -2.11. The molecule has 4 aromatic rings. The number of nitrogens with zero attached hydrogens (tertiary/aromatic N) is 2. The molecule has 0 unspecified atom stereocenters. The lowest BCUT2D eigenvalue weighted by molar-refractivity contribution is 0.0953. The second-order valence-electron chi connectivity index (χ2n) is 8.14. The number of nitrogens with one attached hydrogen (secondary N) is 1. The summed E-state index contributed by atoms with van der Waals surface area (Å²) in [6, 6.07) is 22.9. The van der Waals surface area contributed by atoms with E-state index in [0.29, 0.717) is 30.9 Å². The Balaban J connectivity index is 1.31. The van der Waals surface area contributed by atoms with Gasteiger partial charge in [-0.15, -0.1) is 0 Å². The molecule has 0 aliphatic heterocycles. The molecular weight excluding hydrogens is 442 g/mol. The van der Waals surface area contributed by atoms with Crippen molar-refractivity contribution in [3.05, 3.63) is 84.2 Å². The highest BCUT2D eigenvalue weighted by molar-refractivity contribution is 5.94. The van der Waals surface area contributed by atoms with Gasteiger partial charge in [0.25, 0.3) is 5.91 Å². The molecule has 0 saturated carbocycles. The minimum atomic E-state index is -0.123. The summed E-state index contributed by atoms with van der Waals surface area (Å²) < 4.78 is 18.5. The quantitative estimate of drug-likeness (QED) is 0.297. The molecule has 4 rings (SSSR count). The van der Waals surface area contributed by atoms with E-state index in [1.165, 1.54) is 0 Å². The van der Waals surface area contributed by atoms with Gasteiger partial charge in [-0.05, 0) is 67.4 Å². The molecule has 0 fully saturated rings. The van der Waals surface area contributed by atoms with Crippen LogP contribution in [0.25, 0.3) is 11.0 Å². The number of fused-ring (bicyclic) bond motifs is 1. The van der Waals surface area contributed by atoms with Gasteiger partial charge in [-0.1, -0.05) is 18.2 Å². The molecule has 0 atom stereocenters. The van der Waals surface area contributed by atoms with Crippen LogP contribution in [0.1, 0.15) is 29.0 Å². The van der Waals surface area contributed by atoms with Crippen LogP contribution < -0.4 is 19.5 Å². The minimum absolute atomic E-state index is 0.123. The number of carbonyl (C=O) groups excluding carboxylic acids is 1. The predicted molar refractivity (Wildman–Crippen MR) is 136 cm³/mol. The van der Waals surface area contributed by atoms with Gasteiger partial charge < -0.3 is 24.1 Å². The first-order valence-corrected chi connectivity index (χ1v) is 11.8. The average molecular weight is 474 g/mol. The fourth-order valence-electron chi connectivity index (χ4n) is 3.95. The van der Waals surface area contributed by atoms with Crippen molar-refractivity contribution in [1.82, 2.24) is 14.9 Å². The molecule has 1 heterocycles. The molecule has 3 aromatic carbocycles. The zero-order valence-corrected chi connectivity index (χ0v) is 20.2. The maximum absolute atomic E-state index is 12.5. The molecule has 7 nitrogen and oxygen atoms in total. The average Bonchev–Trinajstić information content (AvgIpc) is 3.26. The Kier molecular flexibility index (Phi) is 8.22. The van der Waals surface area contributed by atoms with E-state index in [0.717, 1.165) is 47.7 Å². The number of methoxy groups -OCH3 is 2. The molecule has 0 bridgehead atoms. The minimum Gasteiger partial charge on any atom is -0.497 e. The Labute approximate surface area is 205 Å². The van der Waals surface area contributed by atoms with Gasteiger partial charge in [0.1, 0.15) is 23.1 Å². The summed E-state index contributed by atoms with van der Waals surface area (Å²) in [6.45, 7) is 1.98. The smallest absolute Gasteiger partial charge is 0.251 e. The van der Waals surface area contributed by atoms with E-state index in [4.69, 9.17) is 19.2 Å². The van der Waals surface area contributed by atoms with Crippen LogP contribution in [-0.2, 0) is 13.0 Å². The topological polar surface area (TPSA) is 74.6 Å². The summed E-state index contributed by atoms with van der Waals surface area (Å²) in [5.41, 5.74) is 2.66. The number of ether oxygens (including phenoxy) is 3. The number of rotatable bonds is 12. The zero-order chi connectivity index (χ0) is 24.5. The summed E-state index contributed by atoms with van der Waals surface area (Å²) in [4.78, 5) is 17.4. The highest BCUT2D eigenvalue weighted by Crippen LogP contribution is 2.19. The SMILES string of the molecule is COc1ccc(OCCCCn2c(CCNC(=O)c3cccc(OC)c3)nc3ccccc32)cc1. The standard InChI is InChI=1S/C28H31N3O4/c1-33-22-12-14-23(15-13-22)35-19-6-5-18-31-26-11-4-3-10-25(26)30-27(31)16-17-29-28(32)21-8-7-9-24(20-21)34-2/h3-4,7-15,20H,5-6,16-19H2,1-2H3,(H,29,32). The third kappa shape index (κ3) is 6.32. The number of unbranched alkanes of at least 4 members (excludes halogenated alkanes) is 1. The molecule has 0 aliphatic rings. The fraction of sp³-hybridized carbons (Fsp3) is 0.286. The van der Waals surface area contributed by atoms with Gasteiger partial charge in [-0.3, -0.25) is 4.79 Å². The van der Waals surface area contributed by atoms with Crippen LogP contribution in [0.4, 0.5) is 0 Å². The number of para-hydroxylation sites is 2. The summed E-state index contributed by atoms with van der Waals surface area (Å²) in [5.74, 6) is 3.16. The molecule has 1 aromatic heterocycles. The first kappa shape index (κ1) is 24.1. The first-order valence-electron chi connectivity index (χ1n) is 11.8. The van der Waals surface area contributed by atoms with E-state index in [-0.39, 0.29) is 5.91 Å². The molecule has 0 saturated heterocycles. The molecular formula is C28H31N3O4. The molecule has 35 heavy (non-hydrogen) atoms. The van der Waals surface area contributed by atoms with Gasteiger partial charge in [-0.2, -0.15) is 0 Å². The van der Waals surface area contributed by atoms with Gasteiger partial charge >= 0.3 is 0 Å². The number of imidazole rings is 1. The highest BCUT2D eigenvalue weighted by Gasteiger charge is 2.12. The van der Waals surface area contributed by atoms with Crippen LogP contribution in [0.15, 0.2) is 72.8 Å². The summed E-state index contributed by atoms with van der Waals surface area (Å²) in [7, 11) is 3.24. The van der Waals surface area contributed by atoms with Crippen LogP contribution in [0.3, 0.4) is 0 Å². The molecule has 1 N–H and O–H groups in total. The Morgan fingerprint density at radius 2 is 1.66 bits per heavy atom. The maximum Gasteiger partial charge on any atom is 0.251 e. The van der Waals surface area contributed by atoms with Crippen molar-refractivity contribution in [2.24, 2.45) is 0 Å². The summed E-state index contributed by atoms with van der Waals surface area (Å²) >= 11 is 0. The molecule has 0 radical (unpaired) electrons. The predicted octanol–water partition coefficient (Wildman–Crippen LogP) is 4.89. The normalized spacial score (nSPS) is 10.8. The largest absolute Gasteiger partial charge is 0.497 e. The number of amides is 1. The lowest BCUT2D eigenvalue weighted by Crippen LogP contribution is -2.26.